The zero-order valence-corrected chi connectivity index (χ0v) is 17.0. The summed E-state index contributed by atoms with van der Waals surface area (Å²) in [4.78, 5) is 30.1. The van der Waals surface area contributed by atoms with Crippen LogP contribution in [0.5, 0.6) is 0 Å². The van der Waals surface area contributed by atoms with Crippen molar-refractivity contribution in [3.8, 4) is 0 Å². The molecule has 1 fully saturated rings. The van der Waals surface area contributed by atoms with Crippen molar-refractivity contribution in [2.75, 3.05) is 6.54 Å². The van der Waals surface area contributed by atoms with Crippen LogP contribution in [0.2, 0.25) is 0 Å². The maximum atomic E-state index is 12.7. The topological polar surface area (TPSA) is 70.5 Å². The Bertz CT molecular complexity index is 727. The Balaban J connectivity index is 0.000000791. The van der Waals surface area contributed by atoms with Gasteiger partial charge in [0.05, 0.1) is 11.6 Å². The van der Waals surface area contributed by atoms with Crippen LogP contribution < -0.4 is 0 Å². The van der Waals surface area contributed by atoms with Gasteiger partial charge < -0.3 is 10.0 Å². The third kappa shape index (κ3) is 5.14. The summed E-state index contributed by atoms with van der Waals surface area (Å²) in [5.41, 5.74) is 1.51. The average Bonchev–Trinajstić information content (AvgIpc) is 3.33. The van der Waals surface area contributed by atoms with E-state index in [0.717, 1.165) is 23.5 Å². The molecule has 0 spiro atoms. The van der Waals surface area contributed by atoms with Gasteiger partial charge in [-0.05, 0) is 38.0 Å². The molecule has 1 N–H and O–H groups in total. The second-order valence-electron chi connectivity index (χ2n) is 5.37. The molecule has 26 heavy (non-hydrogen) atoms. The van der Waals surface area contributed by atoms with Gasteiger partial charge in [-0.15, -0.1) is 11.3 Å². The van der Waals surface area contributed by atoms with Crippen LogP contribution in [0.25, 0.3) is 0 Å². The van der Waals surface area contributed by atoms with Crippen molar-refractivity contribution in [2.45, 2.75) is 53.5 Å². The first-order chi connectivity index (χ1) is 12.6. The monoisotopic (exact) mass is 376 g/mol. The number of carbonyl (C=O) groups excluding carboxylic acids is 1. The predicted octanol–water partition coefficient (Wildman–Crippen LogP) is 5.18. The summed E-state index contributed by atoms with van der Waals surface area (Å²) in [6, 6.07) is 6.20. The number of hydrogen-bond donors (Lipinski definition) is 1. The lowest BCUT2D eigenvalue weighted by atomic mass is 10.1. The van der Waals surface area contributed by atoms with Crippen molar-refractivity contribution >= 4 is 23.2 Å². The Morgan fingerprint density at radius 3 is 2.42 bits per heavy atom. The van der Waals surface area contributed by atoms with E-state index in [1.54, 1.807) is 28.4 Å². The molecule has 1 unspecified atom stereocenters. The zero-order valence-electron chi connectivity index (χ0n) is 16.2. The van der Waals surface area contributed by atoms with Crippen molar-refractivity contribution in [1.29, 1.82) is 0 Å². The minimum atomic E-state index is -1.02. The highest BCUT2D eigenvalue weighted by molar-refractivity contribution is 7.09. The highest BCUT2D eigenvalue weighted by Crippen LogP contribution is 2.34. The fourth-order valence-corrected chi connectivity index (χ4v) is 3.69. The van der Waals surface area contributed by atoms with Gasteiger partial charge in [0.15, 0.2) is 0 Å². The molecule has 0 radical (unpaired) electrons. The molecule has 1 aliphatic heterocycles. The van der Waals surface area contributed by atoms with E-state index < -0.39 is 5.97 Å². The van der Waals surface area contributed by atoms with E-state index in [2.05, 4.69) is 4.98 Å². The van der Waals surface area contributed by atoms with Crippen LogP contribution in [0, 0.1) is 6.92 Å². The van der Waals surface area contributed by atoms with Gasteiger partial charge in [-0.2, -0.15) is 0 Å². The maximum absolute atomic E-state index is 12.7. The second kappa shape index (κ2) is 10.7. The van der Waals surface area contributed by atoms with Gasteiger partial charge in [-0.1, -0.05) is 33.8 Å². The molecule has 0 saturated carbocycles. The Hall–Kier alpha value is -2.21. The smallest absolute Gasteiger partial charge is 0.335 e. The number of carbonyl (C=O) groups is 2. The largest absolute Gasteiger partial charge is 0.478 e. The Morgan fingerprint density at radius 2 is 1.85 bits per heavy atom. The minimum Gasteiger partial charge on any atom is -0.478 e. The highest BCUT2D eigenvalue weighted by atomic mass is 32.1. The predicted molar refractivity (Wildman–Crippen MR) is 106 cm³/mol. The van der Waals surface area contributed by atoms with Crippen LogP contribution in [0.4, 0.5) is 0 Å². The molecule has 1 aromatic heterocycles. The second-order valence-corrected chi connectivity index (χ2v) is 6.26. The molecule has 0 bridgehead atoms. The fraction of sp³-hybridized carbons (Fsp3) is 0.450. The molecule has 1 aromatic carbocycles. The van der Waals surface area contributed by atoms with Crippen molar-refractivity contribution in [1.82, 2.24) is 9.88 Å². The fourth-order valence-electron chi connectivity index (χ4n) is 2.74. The lowest BCUT2D eigenvalue weighted by molar-refractivity contribution is 0.0697. The average molecular weight is 377 g/mol. The molecule has 1 saturated heterocycles. The quantitative estimate of drug-likeness (QED) is 0.801. The summed E-state index contributed by atoms with van der Waals surface area (Å²) in [5.74, 6) is -1.15. The first kappa shape index (κ1) is 21.8. The van der Waals surface area contributed by atoms with Crippen LogP contribution in [0.15, 0.2) is 29.6 Å². The number of hydrogen-bond acceptors (Lipinski definition) is 4. The lowest BCUT2D eigenvalue weighted by Gasteiger charge is -2.23. The van der Waals surface area contributed by atoms with Crippen molar-refractivity contribution in [3.05, 3.63) is 51.5 Å². The normalized spacial score (nSPS) is 15.4. The molecule has 6 heteroatoms. The Morgan fingerprint density at radius 1 is 1.19 bits per heavy atom. The Kier molecular flexibility index (Phi) is 8.99. The van der Waals surface area contributed by atoms with Crippen molar-refractivity contribution < 1.29 is 14.7 Å². The summed E-state index contributed by atoms with van der Waals surface area (Å²) in [5, 5.41) is 12.0. The molecule has 5 nitrogen and oxygen atoms in total. The SMILES string of the molecule is CC.CC.Cc1csc(C2CCCN2C(=O)c2cccc(C(=O)O)c2)n1. The molecule has 3 rings (SSSR count). The maximum Gasteiger partial charge on any atom is 0.335 e. The number of aromatic nitrogens is 1. The van der Waals surface area contributed by atoms with E-state index in [1.165, 1.54) is 12.1 Å². The number of thiazole rings is 1. The summed E-state index contributed by atoms with van der Waals surface area (Å²) >= 11 is 1.57. The molecule has 2 aromatic rings. The van der Waals surface area contributed by atoms with Crippen LogP contribution >= 0.6 is 11.3 Å². The summed E-state index contributed by atoms with van der Waals surface area (Å²) < 4.78 is 0. The van der Waals surface area contributed by atoms with Crippen molar-refractivity contribution in [3.63, 3.8) is 0 Å². The standard InChI is InChI=1S/C16H16N2O3S.2C2H6/c1-10-9-22-14(17-10)13-6-3-7-18(13)15(19)11-4-2-5-12(8-11)16(20)21;2*1-2/h2,4-5,8-9,13H,3,6-7H2,1H3,(H,20,21);2*1-2H3. The molecule has 1 aliphatic rings. The van der Waals surface area contributed by atoms with E-state index in [1.807, 2.05) is 40.0 Å². The number of carboxylic acids is 1. The van der Waals surface area contributed by atoms with E-state index in [-0.39, 0.29) is 17.5 Å². The highest BCUT2D eigenvalue weighted by Gasteiger charge is 2.32. The number of aryl methyl sites for hydroxylation is 1. The van der Waals surface area contributed by atoms with Crippen LogP contribution in [-0.2, 0) is 0 Å². The zero-order chi connectivity index (χ0) is 19.7. The molecule has 142 valence electrons. The molecule has 0 aliphatic carbocycles. The number of benzene rings is 1. The van der Waals surface area contributed by atoms with Crippen LogP contribution in [0.1, 0.15) is 78.0 Å². The van der Waals surface area contributed by atoms with Crippen LogP contribution in [-0.4, -0.2) is 33.4 Å². The van der Waals surface area contributed by atoms with Gasteiger partial charge >= 0.3 is 5.97 Å². The third-order valence-corrected chi connectivity index (χ3v) is 4.86. The van der Waals surface area contributed by atoms with Crippen LogP contribution in [0.3, 0.4) is 0 Å². The molecule has 1 amide bonds. The molecule has 2 heterocycles. The summed E-state index contributed by atoms with van der Waals surface area (Å²) in [7, 11) is 0. The first-order valence-electron chi connectivity index (χ1n) is 9.12. The third-order valence-electron chi connectivity index (χ3n) is 3.79. The van der Waals surface area contributed by atoms with Gasteiger partial charge in [-0.25, -0.2) is 9.78 Å². The van der Waals surface area contributed by atoms with Crippen molar-refractivity contribution in [2.24, 2.45) is 0 Å². The van der Waals surface area contributed by atoms with E-state index in [9.17, 15) is 9.59 Å². The summed E-state index contributed by atoms with van der Waals surface area (Å²) in [6.45, 7) is 10.6. The number of nitrogens with zero attached hydrogens (tertiary/aromatic N) is 2. The van der Waals surface area contributed by atoms with Gasteiger partial charge in [0.1, 0.15) is 5.01 Å². The van der Waals surface area contributed by atoms with E-state index >= 15 is 0 Å². The summed E-state index contributed by atoms with van der Waals surface area (Å²) in [6.07, 6.45) is 1.84. The number of rotatable bonds is 3. The van der Waals surface area contributed by atoms with E-state index in [0.29, 0.717) is 12.1 Å². The molecule has 1 atom stereocenters. The number of carboxylic acid groups (broad SMARTS) is 1. The molecular weight excluding hydrogens is 348 g/mol. The lowest BCUT2D eigenvalue weighted by Crippen LogP contribution is -2.30. The minimum absolute atomic E-state index is 0.000292. The molecular formula is C20H28N2O3S. The Labute approximate surface area is 159 Å². The number of aromatic carboxylic acids is 1. The first-order valence-corrected chi connectivity index (χ1v) is 10.0. The van der Waals surface area contributed by atoms with Gasteiger partial charge in [0, 0.05) is 23.2 Å². The van der Waals surface area contributed by atoms with Gasteiger partial charge in [0.2, 0.25) is 0 Å². The number of amides is 1. The van der Waals surface area contributed by atoms with Gasteiger partial charge in [0.25, 0.3) is 5.91 Å². The van der Waals surface area contributed by atoms with Gasteiger partial charge in [-0.3, -0.25) is 4.79 Å². The van der Waals surface area contributed by atoms with E-state index in [4.69, 9.17) is 5.11 Å². The number of likely N-dealkylation sites (tertiary alicyclic amines) is 1.